The molecule has 0 aliphatic carbocycles. The van der Waals surface area contributed by atoms with Crippen LogP contribution in [0.4, 0.5) is 11.8 Å². The summed E-state index contributed by atoms with van der Waals surface area (Å²) in [6.45, 7) is 3.54. The van der Waals surface area contributed by atoms with Gasteiger partial charge in [0, 0.05) is 18.5 Å². The molecule has 118 valence electrons. The molecule has 3 aromatic rings. The number of rotatable bonds is 6. The summed E-state index contributed by atoms with van der Waals surface area (Å²) < 4.78 is 5.17. The third-order valence-corrected chi connectivity index (χ3v) is 3.56. The van der Waals surface area contributed by atoms with Gasteiger partial charge >= 0.3 is 0 Å². The minimum Gasteiger partial charge on any atom is -0.497 e. The van der Waals surface area contributed by atoms with Gasteiger partial charge in [-0.1, -0.05) is 24.3 Å². The van der Waals surface area contributed by atoms with Gasteiger partial charge in [0.1, 0.15) is 11.6 Å². The molecule has 0 amide bonds. The average Bonchev–Trinajstić information content (AvgIpc) is 2.61. The Morgan fingerprint density at radius 1 is 0.957 bits per heavy atom. The van der Waals surface area contributed by atoms with Crippen molar-refractivity contribution in [2.24, 2.45) is 0 Å². The van der Waals surface area contributed by atoms with Crippen molar-refractivity contribution in [2.75, 3.05) is 24.3 Å². The summed E-state index contributed by atoms with van der Waals surface area (Å²) in [5.41, 5.74) is 2.07. The minimum absolute atomic E-state index is 0.621. The molecule has 2 N–H and O–H groups in total. The van der Waals surface area contributed by atoms with Gasteiger partial charge in [-0.15, -0.1) is 0 Å². The van der Waals surface area contributed by atoms with E-state index in [2.05, 4.69) is 27.5 Å². The molecule has 0 radical (unpaired) electrons. The highest BCUT2D eigenvalue weighted by molar-refractivity contribution is 5.89. The maximum Gasteiger partial charge on any atom is 0.225 e. The van der Waals surface area contributed by atoms with Gasteiger partial charge in [0.15, 0.2) is 0 Å². The van der Waals surface area contributed by atoms with Gasteiger partial charge in [-0.2, -0.15) is 4.98 Å². The quantitative estimate of drug-likeness (QED) is 0.727. The van der Waals surface area contributed by atoms with Crippen molar-refractivity contribution < 1.29 is 4.74 Å². The zero-order chi connectivity index (χ0) is 16.1. The van der Waals surface area contributed by atoms with Crippen LogP contribution in [-0.4, -0.2) is 23.6 Å². The second-order valence-corrected chi connectivity index (χ2v) is 5.14. The molecule has 1 heterocycles. The molecule has 0 atom stereocenters. The Hall–Kier alpha value is -2.82. The van der Waals surface area contributed by atoms with Crippen LogP contribution in [0.2, 0.25) is 0 Å². The number of aromatic nitrogens is 2. The zero-order valence-corrected chi connectivity index (χ0v) is 13.3. The topological polar surface area (TPSA) is 59.1 Å². The SMILES string of the molecule is CCNc1nc(NCc2ccc(OC)cc2)nc2ccccc12. The van der Waals surface area contributed by atoms with E-state index in [0.717, 1.165) is 34.6 Å². The van der Waals surface area contributed by atoms with Gasteiger partial charge in [0.05, 0.1) is 12.6 Å². The Morgan fingerprint density at radius 3 is 2.48 bits per heavy atom. The van der Waals surface area contributed by atoms with Crippen molar-refractivity contribution in [1.29, 1.82) is 0 Å². The van der Waals surface area contributed by atoms with Gasteiger partial charge in [0.25, 0.3) is 0 Å². The number of hydrogen-bond donors (Lipinski definition) is 2. The first-order valence-electron chi connectivity index (χ1n) is 7.67. The molecule has 2 aromatic carbocycles. The molecule has 0 aliphatic heterocycles. The number of benzene rings is 2. The summed E-state index contributed by atoms with van der Waals surface area (Å²) in [5.74, 6) is 2.33. The van der Waals surface area contributed by atoms with Crippen molar-refractivity contribution in [3.63, 3.8) is 0 Å². The fraction of sp³-hybridized carbons (Fsp3) is 0.222. The van der Waals surface area contributed by atoms with Crippen LogP contribution in [0.15, 0.2) is 48.5 Å². The Labute approximate surface area is 135 Å². The van der Waals surface area contributed by atoms with E-state index in [1.807, 2.05) is 48.5 Å². The van der Waals surface area contributed by atoms with Crippen LogP contribution in [0.25, 0.3) is 10.9 Å². The number of methoxy groups -OCH3 is 1. The van der Waals surface area contributed by atoms with E-state index in [4.69, 9.17) is 4.74 Å². The predicted molar refractivity (Wildman–Crippen MR) is 94.0 cm³/mol. The third kappa shape index (κ3) is 3.51. The van der Waals surface area contributed by atoms with Gasteiger partial charge in [-0.3, -0.25) is 0 Å². The van der Waals surface area contributed by atoms with Crippen LogP contribution >= 0.6 is 0 Å². The summed E-state index contributed by atoms with van der Waals surface area (Å²) in [6, 6.07) is 16.0. The van der Waals surface area contributed by atoms with Crippen molar-refractivity contribution in [1.82, 2.24) is 9.97 Å². The fourth-order valence-electron chi connectivity index (χ4n) is 2.38. The number of anilines is 2. The molecule has 1 aromatic heterocycles. The van der Waals surface area contributed by atoms with Crippen molar-refractivity contribution in [3.05, 3.63) is 54.1 Å². The lowest BCUT2D eigenvalue weighted by Crippen LogP contribution is -2.07. The molecule has 0 aliphatic rings. The van der Waals surface area contributed by atoms with E-state index in [-0.39, 0.29) is 0 Å². The Kier molecular flexibility index (Phi) is 4.57. The molecular formula is C18H20N4O. The van der Waals surface area contributed by atoms with Crippen molar-refractivity contribution in [3.8, 4) is 5.75 Å². The summed E-state index contributed by atoms with van der Waals surface area (Å²) in [7, 11) is 1.67. The molecule has 0 bridgehead atoms. The molecule has 5 nitrogen and oxygen atoms in total. The van der Waals surface area contributed by atoms with Crippen molar-refractivity contribution in [2.45, 2.75) is 13.5 Å². The van der Waals surface area contributed by atoms with Crippen LogP contribution < -0.4 is 15.4 Å². The van der Waals surface area contributed by atoms with E-state index in [1.165, 1.54) is 0 Å². The molecule has 0 unspecified atom stereocenters. The highest BCUT2D eigenvalue weighted by atomic mass is 16.5. The fourth-order valence-corrected chi connectivity index (χ4v) is 2.38. The molecule has 0 fully saturated rings. The Morgan fingerprint density at radius 2 is 1.74 bits per heavy atom. The van der Waals surface area contributed by atoms with Gasteiger partial charge in [-0.05, 0) is 36.8 Å². The number of nitrogens with zero attached hydrogens (tertiary/aromatic N) is 2. The van der Waals surface area contributed by atoms with Crippen molar-refractivity contribution >= 4 is 22.7 Å². The van der Waals surface area contributed by atoms with Crippen LogP contribution in [0.1, 0.15) is 12.5 Å². The number of hydrogen-bond acceptors (Lipinski definition) is 5. The summed E-state index contributed by atoms with van der Waals surface area (Å²) in [5, 5.41) is 7.61. The third-order valence-electron chi connectivity index (χ3n) is 3.56. The van der Waals surface area contributed by atoms with E-state index in [0.29, 0.717) is 12.5 Å². The maximum atomic E-state index is 5.17. The number of ether oxygens (including phenoxy) is 1. The summed E-state index contributed by atoms with van der Waals surface area (Å²) in [6.07, 6.45) is 0. The van der Waals surface area contributed by atoms with Gasteiger partial charge in [0.2, 0.25) is 5.95 Å². The average molecular weight is 308 g/mol. The van der Waals surface area contributed by atoms with E-state index in [1.54, 1.807) is 7.11 Å². The molecular weight excluding hydrogens is 288 g/mol. The first-order valence-corrected chi connectivity index (χ1v) is 7.67. The first-order chi connectivity index (χ1) is 11.3. The largest absolute Gasteiger partial charge is 0.497 e. The zero-order valence-electron chi connectivity index (χ0n) is 13.3. The molecule has 23 heavy (non-hydrogen) atoms. The van der Waals surface area contributed by atoms with Crippen LogP contribution in [0, 0.1) is 0 Å². The van der Waals surface area contributed by atoms with Crippen LogP contribution in [0.3, 0.4) is 0 Å². The second kappa shape index (κ2) is 6.96. The monoisotopic (exact) mass is 308 g/mol. The lowest BCUT2D eigenvalue weighted by molar-refractivity contribution is 0.414. The highest BCUT2D eigenvalue weighted by Gasteiger charge is 2.06. The van der Waals surface area contributed by atoms with E-state index < -0.39 is 0 Å². The predicted octanol–water partition coefficient (Wildman–Crippen LogP) is 3.68. The Bertz CT molecular complexity index is 787. The van der Waals surface area contributed by atoms with Gasteiger partial charge < -0.3 is 15.4 Å². The summed E-state index contributed by atoms with van der Waals surface area (Å²) in [4.78, 5) is 9.16. The van der Waals surface area contributed by atoms with Crippen LogP contribution in [0.5, 0.6) is 5.75 Å². The maximum absolute atomic E-state index is 5.17. The normalized spacial score (nSPS) is 10.5. The number of fused-ring (bicyclic) bond motifs is 1. The Balaban J connectivity index is 1.81. The smallest absolute Gasteiger partial charge is 0.225 e. The number of nitrogens with one attached hydrogen (secondary N) is 2. The summed E-state index contributed by atoms with van der Waals surface area (Å²) >= 11 is 0. The molecule has 0 saturated heterocycles. The molecule has 5 heteroatoms. The first kappa shape index (κ1) is 15.1. The lowest BCUT2D eigenvalue weighted by atomic mass is 10.2. The minimum atomic E-state index is 0.621. The van der Waals surface area contributed by atoms with E-state index in [9.17, 15) is 0 Å². The highest BCUT2D eigenvalue weighted by Crippen LogP contribution is 2.22. The lowest BCUT2D eigenvalue weighted by Gasteiger charge is -2.11. The standard InChI is InChI=1S/C18H20N4O/c1-3-19-17-15-6-4-5-7-16(15)21-18(22-17)20-12-13-8-10-14(23-2)11-9-13/h4-11H,3,12H2,1-2H3,(H2,19,20,21,22). The van der Waals surface area contributed by atoms with Gasteiger partial charge in [-0.25, -0.2) is 4.98 Å². The number of para-hydroxylation sites is 1. The molecule has 0 spiro atoms. The second-order valence-electron chi connectivity index (χ2n) is 5.14. The molecule has 3 rings (SSSR count). The van der Waals surface area contributed by atoms with E-state index >= 15 is 0 Å². The van der Waals surface area contributed by atoms with Crippen LogP contribution in [-0.2, 0) is 6.54 Å². The molecule has 0 saturated carbocycles.